The van der Waals surface area contributed by atoms with Crippen LogP contribution in [0.2, 0.25) is 0 Å². The van der Waals surface area contributed by atoms with E-state index >= 15 is 0 Å². The third kappa shape index (κ3) is 4.16. The summed E-state index contributed by atoms with van der Waals surface area (Å²) in [6, 6.07) is 10.1. The Morgan fingerprint density at radius 3 is 2.48 bits per heavy atom. The van der Waals surface area contributed by atoms with Crippen molar-refractivity contribution in [3.05, 3.63) is 56.8 Å². The van der Waals surface area contributed by atoms with Gasteiger partial charge in [0.05, 0.1) is 11.5 Å². The normalized spacial score (nSPS) is 10.6. The van der Waals surface area contributed by atoms with E-state index in [0.717, 1.165) is 22.4 Å². The Morgan fingerprint density at radius 1 is 1.24 bits per heavy atom. The summed E-state index contributed by atoms with van der Waals surface area (Å²) in [5, 5.41) is 2.97. The zero-order valence-corrected chi connectivity index (χ0v) is 13.5. The Balaban J connectivity index is 1.93. The third-order valence-electron chi connectivity index (χ3n) is 3.41. The van der Waals surface area contributed by atoms with Gasteiger partial charge in [-0.3, -0.25) is 4.79 Å². The summed E-state index contributed by atoms with van der Waals surface area (Å²) in [5.74, 6) is 0.00349. The maximum atomic E-state index is 12.1. The molecule has 1 aromatic heterocycles. The molecule has 0 atom stereocenters. The van der Waals surface area contributed by atoms with E-state index in [1.54, 1.807) is 18.4 Å². The molecule has 4 heteroatoms. The monoisotopic (exact) mass is 303 g/mol. The van der Waals surface area contributed by atoms with Crippen molar-refractivity contribution in [2.24, 2.45) is 0 Å². The van der Waals surface area contributed by atoms with E-state index in [-0.39, 0.29) is 5.91 Å². The molecule has 3 nitrogen and oxygen atoms in total. The highest BCUT2D eigenvalue weighted by molar-refractivity contribution is 7.14. The van der Waals surface area contributed by atoms with Crippen LogP contribution in [0.1, 0.15) is 38.2 Å². The van der Waals surface area contributed by atoms with Crippen molar-refractivity contribution >= 4 is 17.2 Å². The molecule has 1 aromatic carbocycles. The fourth-order valence-electron chi connectivity index (χ4n) is 2.17. The molecule has 2 aromatic rings. The van der Waals surface area contributed by atoms with E-state index in [1.165, 1.54) is 10.4 Å². The number of benzene rings is 1. The van der Waals surface area contributed by atoms with Gasteiger partial charge in [0.15, 0.2) is 0 Å². The molecular formula is C17H21NO2S. The van der Waals surface area contributed by atoms with Crippen LogP contribution in [0.3, 0.4) is 0 Å². The zero-order valence-electron chi connectivity index (χ0n) is 12.7. The van der Waals surface area contributed by atoms with Crippen LogP contribution in [0, 0.1) is 6.92 Å². The molecule has 0 aliphatic rings. The lowest BCUT2D eigenvalue weighted by atomic mass is 10.1. The van der Waals surface area contributed by atoms with Crippen molar-refractivity contribution in [2.75, 3.05) is 7.11 Å². The summed E-state index contributed by atoms with van der Waals surface area (Å²) in [4.78, 5) is 14.2. The van der Waals surface area contributed by atoms with Crippen LogP contribution in [0.4, 0.5) is 0 Å². The third-order valence-corrected chi connectivity index (χ3v) is 4.50. The second-order valence-electron chi connectivity index (χ2n) is 4.98. The number of hydrogen-bond acceptors (Lipinski definition) is 3. The minimum absolute atomic E-state index is 0.00349. The first-order chi connectivity index (χ1) is 10.1. The number of carbonyl (C=O) groups is 1. The van der Waals surface area contributed by atoms with Crippen molar-refractivity contribution in [1.82, 2.24) is 5.32 Å². The predicted octanol–water partition coefficient (Wildman–Crippen LogP) is 3.70. The molecule has 1 amide bonds. The summed E-state index contributed by atoms with van der Waals surface area (Å²) in [6.07, 6.45) is 0.969. The van der Waals surface area contributed by atoms with Crippen LogP contribution in [0.15, 0.2) is 30.3 Å². The number of methoxy groups -OCH3 is 1. The molecule has 2 rings (SSSR count). The Morgan fingerprint density at radius 2 is 1.90 bits per heavy atom. The van der Waals surface area contributed by atoms with Gasteiger partial charge in [0, 0.05) is 18.5 Å². The van der Waals surface area contributed by atoms with E-state index in [9.17, 15) is 4.79 Å². The summed E-state index contributed by atoms with van der Waals surface area (Å²) >= 11 is 1.56. The van der Waals surface area contributed by atoms with Gasteiger partial charge in [0.1, 0.15) is 0 Å². The van der Waals surface area contributed by atoms with Gasteiger partial charge in [0.25, 0.3) is 5.91 Å². The lowest BCUT2D eigenvalue weighted by molar-refractivity contribution is 0.0955. The molecule has 112 valence electrons. The van der Waals surface area contributed by atoms with Crippen LogP contribution in [0.5, 0.6) is 0 Å². The van der Waals surface area contributed by atoms with E-state index in [4.69, 9.17) is 4.74 Å². The standard InChI is InChI=1S/C17H21NO2S/c1-4-15-9-16(21-12(15)2)17(19)18-10-13-5-7-14(8-6-13)11-20-3/h5-9H,4,10-11H2,1-3H3,(H,18,19). The average molecular weight is 303 g/mol. The molecule has 0 aliphatic carbocycles. The lowest BCUT2D eigenvalue weighted by Gasteiger charge is -2.05. The number of thiophene rings is 1. The number of carbonyl (C=O) groups excluding carboxylic acids is 1. The van der Waals surface area contributed by atoms with Gasteiger partial charge in [-0.25, -0.2) is 0 Å². The number of ether oxygens (including phenoxy) is 1. The lowest BCUT2D eigenvalue weighted by Crippen LogP contribution is -2.21. The maximum Gasteiger partial charge on any atom is 0.261 e. The van der Waals surface area contributed by atoms with E-state index in [2.05, 4.69) is 19.2 Å². The van der Waals surface area contributed by atoms with Crippen LogP contribution >= 0.6 is 11.3 Å². The minimum atomic E-state index is 0.00349. The van der Waals surface area contributed by atoms with E-state index in [0.29, 0.717) is 13.2 Å². The molecule has 0 radical (unpaired) electrons. The van der Waals surface area contributed by atoms with Crippen molar-refractivity contribution in [1.29, 1.82) is 0 Å². The SMILES string of the molecule is CCc1cc(C(=O)NCc2ccc(COC)cc2)sc1C. The Labute approximate surface area is 130 Å². The van der Waals surface area contributed by atoms with Crippen molar-refractivity contribution in [3.8, 4) is 0 Å². The summed E-state index contributed by atoms with van der Waals surface area (Å²) in [5.41, 5.74) is 3.48. The molecule has 1 N–H and O–H groups in total. The highest BCUT2D eigenvalue weighted by atomic mass is 32.1. The number of nitrogens with one attached hydrogen (secondary N) is 1. The van der Waals surface area contributed by atoms with Gasteiger partial charge in [0.2, 0.25) is 0 Å². The Bertz CT molecular complexity index is 602. The average Bonchev–Trinajstić information content (AvgIpc) is 2.88. The van der Waals surface area contributed by atoms with Crippen LogP contribution < -0.4 is 5.32 Å². The van der Waals surface area contributed by atoms with Crippen LogP contribution in [0.25, 0.3) is 0 Å². The van der Waals surface area contributed by atoms with Crippen molar-refractivity contribution in [3.63, 3.8) is 0 Å². The molecule has 0 unspecified atom stereocenters. The quantitative estimate of drug-likeness (QED) is 0.883. The Kier molecular flexibility index (Phi) is 5.53. The van der Waals surface area contributed by atoms with Crippen LogP contribution in [-0.4, -0.2) is 13.0 Å². The zero-order chi connectivity index (χ0) is 15.2. The van der Waals surface area contributed by atoms with E-state index < -0.39 is 0 Å². The molecule has 0 spiro atoms. The molecular weight excluding hydrogens is 282 g/mol. The van der Waals surface area contributed by atoms with Gasteiger partial charge in [-0.2, -0.15) is 0 Å². The number of aryl methyl sites for hydroxylation is 2. The molecule has 0 saturated heterocycles. The van der Waals surface area contributed by atoms with Gasteiger partial charge < -0.3 is 10.1 Å². The van der Waals surface area contributed by atoms with Crippen molar-refractivity contribution in [2.45, 2.75) is 33.4 Å². The van der Waals surface area contributed by atoms with Gasteiger partial charge in [-0.05, 0) is 36.1 Å². The summed E-state index contributed by atoms with van der Waals surface area (Å²) < 4.78 is 5.08. The first-order valence-electron chi connectivity index (χ1n) is 7.08. The first-order valence-corrected chi connectivity index (χ1v) is 7.90. The summed E-state index contributed by atoms with van der Waals surface area (Å²) in [7, 11) is 1.68. The van der Waals surface area contributed by atoms with Crippen molar-refractivity contribution < 1.29 is 9.53 Å². The number of rotatable bonds is 6. The fourth-order valence-corrected chi connectivity index (χ4v) is 3.20. The highest BCUT2D eigenvalue weighted by Gasteiger charge is 2.11. The minimum Gasteiger partial charge on any atom is -0.380 e. The number of hydrogen-bond donors (Lipinski definition) is 1. The first kappa shape index (κ1) is 15.7. The number of amides is 1. The maximum absolute atomic E-state index is 12.1. The highest BCUT2D eigenvalue weighted by Crippen LogP contribution is 2.22. The summed E-state index contributed by atoms with van der Waals surface area (Å²) in [6.45, 7) is 5.33. The molecule has 1 heterocycles. The van der Waals surface area contributed by atoms with Gasteiger partial charge in [-0.15, -0.1) is 11.3 Å². The predicted molar refractivity (Wildman–Crippen MR) is 86.8 cm³/mol. The molecule has 0 bridgehead atoms. The second-order valence-corrected chi connectivity index (χ2v) is 6.23. The largest absolute Gasteiger partial charge is 0.380 e. The second kappa shape index (κ2) is 7.38. The molecule has 0 fully saturated rings. The molecule has 0 aliphatic heterocycles. The van der Waals surface area contributed by atoms with Gasteiger partial charge in [-0.1, -0.05) is 31.2 Å². The van der Waals surface area contributed by atoms with Gasteiger partial charge >= 0.3 is 0 Å². The molecule has 0 saturated carbocycles. The Hall–Kier alpha value is -1.65. The van der Waals surface area contributed by atoms with Crippen LogP contribution in [-0.2, 0) is 24.3 Å². The smallest absolute Gasteiger partial charge is 0.261 e. The van der Waals surface area contributed by atoms with E-state index in [1.807, 2.05) is 30.3 Å². The fraction of sp³-hybridized carbons (Fsp3) is 0.353. The molecule has 21 heavy (non-hydrogen) atoms. The topological polar surface area (TPSA) is 38.3 Å².